The molecule has 1 aliphatic heterocycles. The van der Waals surface area contributed by atoms with Gasteiger partial charge in [-0.3, -0.25) is 0 Å². The number of ether oxygens (including phenoxy) is 1. The topological polar surface area (TPSA) is 58.6 Å². The van der Waals surface area contributed by atoms with Crippen molar-refractivity contribution in [1.29, 1.82) is 0 Å². The number of nitrogens with zero attached hydrogens (tertiary/aromatic N) is 4. The summed E-state index contributed by atoms with van der Waals surface area (Å²) in [6.07, 6.45) is -0.272. The molecule has 0 radical (unpaired) electrons. The van der Waals surface area contributed by atoms with Gasteiger partial charge in [0.05, 0.1) is 12.0 Å². The van der Waals surface area contributed by atoms with E-state index in [1.54, 1.807) is 16.2 Å². The van der Waals surface area contributed by atoms with E-state index in [2.05, 4.69) is 21.8 Å². The number of anilines is 1. The average Bonchev–Trinajstić information content (AvgIpc) is 3.04. The van der Waals surface area contributed by atoms with Crippen LogP contribution < -0.4 is 4.90 Å². The Balaban J connectivity index is 1.73. The minimum absolute atomic E-state index is 0.226. The van der Waals surface area contributed by atoms with Crippen LogP contribution in [0.1, 0.15) is 11.8 Å². The number of rotatable bonds is 3. The highest BCUT2D eigenvalue weighted by Gasteiger charge is 2.27. The van der Waals surface area contributed by atoms with Crippen LogP contribution in [-0.2, 0) is 4.74 Å². The second kappa shape index (κ2) is 8.34. The van der Waals surface area contributed by atoms with Crippen LogP contribution in [0, 0.1) is 6.92 Å². The quantitative estimate of drug-likeness (QED) is 0.509. The number of benzene rings is 1. The van der Waals surface area contributed by atoms with Gasteiger partial charge in [0, 0.05) is 41.6 Å². The minimum Gasteiger partial charge on any atom is -0.450 e. The van der Waals surface area contributed by atoms with E-state index in [0.717, 1.165) is 32.0 Å². The number of hydrogen-bond donors (Lipinski definition) is 0. The van der Waals surface area contributed by atoms with Crippen LogP contribution in [0.15, 0.2) is 24.3 Å². The monoisotopic (exact) mass is 450 g/mol. The van der Waals surface area contributed by atoms with Gasteiger partial charge in [0.1, 0.15) is 10.6 Å². The minimum atomic E-state index is -0.272. The van der Waals surface area contributed by atoms with Gasteiger partial charge >= 0.3 is 6.09 Å². The van der Waals surface area contributed by atoms with Gasteiger partial charge < -0.3 is 14.5 Å². The molecule has 1 aromatic carbocycles. The van der Waals surface area contributed by atoms with Crippen molar-refractivity contribution in [3.63, 3.8) is 0 Å². The molecule has 0 atom stereocenters. The van der Waals surface area contributed by atoms with E-state index >= 15 is 0 Å². The van der Waals surface area contributed by atoms with Crippen molar-refractivity contribution in [2.75, 3.05) is 37.7 Å². The summed E-state index contributed by atoms with van der Waals surface area (Å²) >= 11 is 13.9. The number of fused-ring (bicyclic) bond motifs is 1. The van der Waals surface area contributed by atoms with Crippen LogP contribution in [0.3, 0.4) is 0 Å². The number of piperazine rings is 1. The van der Waals surface area contributed by atoms with Crippen LogP contribution >= 0.6 is 34.5 Å². The highest BCUT2D eigenvalue weighted by atomic mass is 35.5. The molecule has 0 spiro atoms. The molecule has 3 heterocycles. The highest BCUT2D eigenvalue weighted by molar-refractivity contribution is 7.19. The lowest BCUT2D eigenvalue weighted by Crippen LogP contribution is -2.49. The zero-order valence-electron chi connectivity index (χ0n) is 16.1. The number of halogens is 2. The largest absolute Gasteiger partial charge is 0.450 e. The molecule has 0 N–H and O–H groups in total. The molecule has 4 rings (SSSR count). The predicted octanol–water partition coefficient (Wildman–Crippen LogP) is 5.25. The maximum absolute atomic E-state index is 12.0. The Hall–Kier alpha value is -2.09. The lowest BCUT2D eigenvalue weighted by Gasteiger charge is -2.35. The van der Waals surface area contributed by atoms with E-state index in [4.69, 9.17) is 27.9 Å². The molecular formula is C20H20Cl2N4O2S. The summed E-state index contributed by atoms with van der Waals surface area (Å²) in [7, 11) is 0. The van der Waals surface area contributed by atoms with Crippen LogP contribution in [0.4, 0.5) is 10.6 Å². The number of thiophene rings is 1. The van der Waals surface area contributed by atoms with E-state index in [0.29, 0.717) is 37.8 Å². The SMILES string of the molecule is CCOC(=O)N1CCN(c2nc(Cl)nc3sc(C)c(-c4ccc(Cl)cc4)c23)CC1. The first kappa shape index (κ1) is 20.2. The van der Waals surface area contributed by atoms with E-state index < -0.39 is 0 Å². The van der Waals surface area contributed by atoms with Crippen molar-refractivity contribution in [3.05, 3.63) is 39.4 Å². The Morgan fingerprint density at radius 1 is 1.14 bits per heavy atom. The van der Waals surface area contributed by atoms with Gasteiger partial charge in [-0.15, -0.1) is 11.3 Å². The summed E-state index contributed by atoms with van der Waals surface area (Å²) in [6.45, 7) is 6.70. The normalized spacial score (nSPS) is 14.5. The lowest BCUT2D eigenvalue weighted by molar-refractivity contribution is 0.105. The number of aryl methyl sites for hydroxylation is 1. The summed E-state index contributed by atoms with van der Waals surface area (Å²) in [6, 6.07) is 7.78. The maximum Gasteiger partial charge on any atom is 0.409 e. The van der Waals surface area contributed by atoms with E-state index in [1.165, 1.54) is 0 Å². The number of carbonyl (C=O) groups excluding carboxylic acids is 1. The van der Waals surface area contributed by atoms with E-state index in [-0.39, 0.29) is 11.4 Å². The second-order valence-electron chi connectivity index (χ2n) is 6.71. The van der Waals surface area contributed by atoms with Gasteiger partial charge in [-0.25, -0.2) is 9.78 Å². The van der Waals surface area contributed by atoms with Gasteiger partial charge in [-0.05, 0) is 43.1 Å². The summed E-state index contributed by atoms with van der Waals surface area (Å²) < 4.78 is 5.11. The van der Waals surface area contributed by atoms with Gasteiger partial charge in [0.25, 0.3) is 0 Å². The molecule has 6 nitrogen and oxygen atoms in total. The molecule has 0 saturated carbocycles. The standard InChI is InChI=1S/C20H20Cl2N4O2S/c1-3-28-20(27)26-10-8-25(9-11-26)17-16-15(13-4-6-14(21)7-5-13)12(2)29-18(16)24-19(22)23-17/h4-7H,3,8-11H2,1-2H3. The van der Waals surface area contributed by atoms with Crippen LogP contribution in [0.5, 0.6) is 0 Å². The first-order valence-electron chi connectivity index (χ1n) is 9.37. The number of aromatic nitrogens is 2. The van der Waals surface area contributed by atoms with Crippen molar-refractivity contribution in [2.24, 2.45) is 0 Å². The third-order valence-electron chi connectivity index (χ3n) is 4.92. The Morgan fingerprint density at radius 2 is 1.83 bits per heavy atom. The first-order chi connectivity index (χ1) is 14.0. The van der Waals surface area contributed by atoms with Crippen LogP contribution in [0.2, 0.25) is 10.3 Å². The fourth-order valence-electron chi connectivity index (χ4n) is 3.58. The third kappa shape index (κ3) is 3.99. The number of amides is 1. The Labute approximate surface area is 183 Å². The number of hydrogen-bond acceptors (Lipinski definition) is 6. The molecule has 1 fully saturated rings. The Kier molecular flexibility index (Phi) is 5.81. The molecule has 9 heteroatoms. The van der Waals surface area contributed by atoms with Crippen molar-refractivity contribution >= 4 is 56.7 Å². The molecule has 1 aliphatic rings. The summed E-state index contributed by atoms with van der Waals surface area (Å²) in [5.41, 5.74) is 2.16. The Morgan fingerprint density at radius 3 is 2.48 bits per heavy atom. The Bertz CT molecular complexity index is 1050. The zero-order valence-corrected chi connectivity index (χ0v) is 18.4. The third-order valence-corrected chi connectivity index (χ3v) is 6.34. The zero-order chi connectivity index (χ0) is 20.5. The molecule has 29 heavy (non-hydrogen) atoms. The van der Waals surface area contributed by atoms with Crippen LogP contribution in [-0.4, -0.2) is 53.7 Å². The first-order valence-corrected chi connectivity index (χ1v) is 10.9. The molecule has 3 aromatic rings. The van der Waals surface area contributed by atoms with Crippen molar-refractivity contribution < 1.29 is 9.53 Å². The summed E-state index contributed by atoms with van der Waals surface area (Å²) in [5.74, 6) is 0.804. The van der Waals surface area contributed by atoms with E-state index in [1.807, 2.05) is 31.2 Å². The van der Waals surface area contributed by atoms with Gasteiger partial charge in [0.15, 0.2) is 0 Å². The van der Waals surface area contributed by atoms with Crippen molar-refractivity contribution in [1.82, 2.24) is 14.9 Å². The fourth-order valence-corrected chi connectivity index (χ4v) is 4.96. The molecule has 0 bridgehead atoms. The molecule has 152 valence electrons. The fraction of sp³-hybridized carbons (Fsp3) is 0.350. The van der Waals surface area contributed by atoms with Crippen molar-refractivity contribution in [2.45, 2.75) is 13.8 Å². The average molecular weight is 451 g/mol. The van der Waals surface area contributed by atoms with Gasteiger partial charge in [-0.2, -0.15) is 4.98 Å². The molecule has 0 aliphatic carbocycles. The second-order valence-corrected chi connectivity index (χ2v) is 8.69. The van der Waals surface area contributed by atoms with Crippen LogP contribution in [0.25, 0.3) is 21.3 Å². The summed E-state index contributed by atoms with van der Waals surface area (Å²) in [4.78, 5) is 26.9. The summed E-state index contributed by atoms with van der Waals surface area (Å²) in [5, 5.41) is 1.91. The molecule has 1 saturated heterocycles. The highest BCUT2D eigenvalue weighted by Crippen LogP contribution is 2.42. The molecule has 0 unspecified atom stereocenters. The maximum atomic E-state index is 12.0. The van der Waals surface area contributed by atoms with Crippen molar-refractivity contribution in [3.8, 4) is 11.1 Å². The van der Waals surface area contributed by atoms with Gasteiger partial charge in [-0.1, -0.05) is 23.7 Å². The van der Waals surface area contributed by atoms with Gasteiger partial charge in [0.2, 0.25) is 5.28 Å². The molecular weight excluding hydrogens is 431 g/mol. The molecule has 1 amide bonds. The van der Waals surface area contributed by atoms with E-state index in [9.17, 15) is 4.79 Å². The molecule has 2 aromatic heterocycles. The predicted molar refractivity (Wildman–Crippen MR) is 118 cm³/mol. The smallest absolute Gasteiger partial charge is 0.409 e. The lowest BCUT2D eigenvalue weighted by atomic mass is 10.0. The number of carbonyl (C=O) groups is 1.